The number of carbonyl (C=O) groups is 2. The van der Waals surface area contributed by atoms with Crippen LogP contribution in [-0.2, 0) is 29.6 Å². The number of anilines is 2. The molecule has 3 N–H and O–H groups in total. The van der Waals surface area contributed by atoms with Crippen molar-refractivity contribution in [1.29, 1.82) is 0 Å². The van der Waals surface area contributed by atoms with Crippen LogP contribution in [0.15, 0.2) is 58.3 Å². The number of benzene rings is 2. The van der Waals surface area contributed by atoms with Gasteiger partial charge in [-0.15, -0.1) is 0 Å². The molecule has 29 heavy (non-hydrogen) atoms. The third-order valence-corrected chi connectivity index (χ3v) is 6.62. The van der Waals surface area contributed by atoms with Crippen LogP contribution in [0.4, 0.5) is 11.4 Å². The number of nitrogens with two attached hydrogens (primary N) is 1. The highest BCUT2D eigenvalue weighted by atomic mass is 32.2. The first kappa shape index (κ1) is 22.5. The molecule has 0 radical (unpaired) electrons. The summed E-state index contributed by atoms with van der Waals surface area (Å²) in [5.74, 6) is -0.921. The molecule has 0 aliphatic carbocycles. The maximum absolute atomic E-state index is 13.1. The molecule has 0 saturated carbocycles. The Morgan fingerprint density at radius 1 is 0.862 bits per heavy atom. The molecular weight excluding hydrogens is 418 g/mol. The second kappa shape index (κ2) is 8.72. The monoisotopic (exact) mass is 439 g/mol. The SMILES string of the molecule is CCC(=O)Nc1ccc(S(=O)(=O)N(C(=O)CC)c2ccc(S(N)(=O)=O)cc2)cc1. The first-order valence-corrected chi connectivity index (χ1v) is 11.6. The standard InChI is InChI=1S/C18H21N3O6S2/c1-3-17(22)20-13-5-9-16(10-6-13)29(26,27)21(18(23)4-2)14-7-11-15(12-8-14)28(19,24)25/h5-12H,3-4H2,1-2H3,(H,20,22)(H2,19,24,25). The van der Waals surface area contributed by atoms with Crippen LogP contribution in [0.2, 0.25) is 0 Å². The molecule has 156 valence electrons. The largest absolute Gasteiger partial charge is 0.326 e. The number of hydrogen-bond acceptors (Lipinski definition) is 6. The van der Waals surface area contributed by atoms with Gasteiger partial charge in [0, 0.05) is 18.5 Å². The number of sulfonamides is 2. The molecule has 0 unspecified atom stereocenters. The molecule has 9 nitrogen and oxygen atoms in total. The van der Waals surface area contributed by atoms with Crippen molar-refractivity contribution in [1.82, 2.24) is 0 Å². The Hall–Kier alpha value is -2.76. The minimum atomic E-state index is -4.27. The zero-order chi connectivity index (χ0) is 21.8. The summed E-state index contributed by atoms with van der Waals surface area (Å²) in [6.07, 6.45) is 0.175. The van der Waals surface area contributed by atoms with Crippen molar-refractivity contribution >= 4 is 43.2 Å². The van der Waals surface area contributed by atoms with E-state index in [1.54, 1.807) is 6.92 Å². The van der Waals surface area contributed by atoms with Crippen LogP contribution >= 0.6 is 0 Å². The van der Waals surface area contributed by atoms with Crippen LogP contribution in [0.3, 0.4) is 0 Å². The fraction of sp³-hybridized carbons (Fsp3) is 0.222. The number of nitrogens with zero attached hydrogens (tertiary/aromatic N) is 1. The van der Waals surface area contributed by atoms with Crippen LogP contribution in [0, 0.1) is 0 Å². The predicted molar refractivity (Wildman–Crippen MR) is 108 cm³/mol. The highest BCUT2D eigenvalue weighted by molar-refractivity contribution is 7.93. The first-order valence-electron chi connectivity index (χ1n) is 8.61. The van der Waals surface area contributed by atoms with Gasteiger partial charge < -0.3 is 5.32 Å². The van der Waals surface area contributed by atoms with Crippen molar-refractivity contribution in [2.24, 2.45) is 5.14 Å². The second-order valence-electron chi connectivity index (χ2n) is 5.98. The Bertz CT molecular complexity index is 1110. The number of hydrogen-bond donors (Lipinski definition) is 2. The zero-order valence-corrected chi connectivity index (χ0v) is 17.5. The third kappa shape index (κ3) is 5.19. The van der Waals surface area contributed by atoms with Crippen LogP contribution < -0.4 is 14.8 Å². The quantitative estimate of drug-likeness (QED) is 0.673. The van der Waals surface area contributed by atoms with Crippen molar-refractivity contribution < 1.29 is 26.4 Å². The average molecular weight is 440 g/mol. The molecule has 2 aromatic rings. The fourth-order valence-corrected chi connectivity index (χ4v) is 4.40. The number of rotatable bonds is 7. The molecule has 2 aromatic carbocycles. The molecule has 0 saturated heterocycles. The second-order valence-corrected chi connectivity index (χ2v) is 9.33. The number of nitrogens with one attached hydrogen (secondary N) is 1. The molecule has 0 aromatic heterocycles. The number of amides is 2. The van der Waals surface area contributed by atoms with Gasteiger partial charge in [-0.3, -0.25) is 9.59 Å². The normalized spacial score (nSPS) is 11.7. The number of primary sulfonamides is 1. The van der Waals surface area contributed by atoms with Crippen molar-refractivity contribution in [3.05, 3.63) is 48.5 Å². The van der Waals surface area contributed by atoms with E-state index >= 15 is 0 Å². The summed E-state index contributed by atoms with van der Waals surface area (Å²) in [4.78, 5) is 23.5. The van der Waals surface area contributed by atoms with Gasteiger partial charge in [0.1, 0.15) is 0 Å². The minimum absolute atomic E-state index is 0.0207. The Morgan fingerprint density at radius 2 is 1.38 bits per heavy atom. The Labute approximate surface area is 169 Å². The maximum atomic E-state index is 13.1. The highest BCUT2D eigenvalue weighted by Crippen LogP contribution is 2.26. The summed E-state index contributed by atoms with van der Waals surface area (Å²) in [6.45, 7) is 3.19. The third-order valence-electron chi connectivity index (χ3n) is 3.93. The van der Waals surface area contributed by atoms with Crippen molar-refractivity contribution in [2.75, 3.05) is 9.62 Å². The molecule has 0 aliphatic rings. The van der Waals surface area contributed by atoms with E-state index in [9.17, 15) is 26.4 Å². The van der Waals surface area contributed by atoms with Gasteiger partial charge in [-0.1, -0.05) is 13.8 Å². The van der Waals surface area contributed by atoms with Gasteiger partial charge in [0.15, 0.2) is 0 Å². The molecule has 0 spiro atoms. The summed E-state index contributed by atoms with van der Waals surface area (Å²) < 4.78 is 49.6. The van der Waals surface area contributed by atoms with Crippen molar-refractivity contribution in [2.45, 2.75) is 36.5 Å². The summed E-state index contributed by atoms with van der Waals surface area (Å²) in [5, 5.41) is 7.65. The number of carbonyl (C=O) groups excluding carboxylic acids is 2. The van der Waals surface area contributed by atoms with E-state index in [-0.39, 0.29) is 34.2 Å². The summed E-state index contributed by atoms with van der Waals surface area (Å²) in [6, 6.07) is 10.0. The molecule has 0 bridgehead atoms. The van der Waals surface area contributed by atoms with Gasteiger partial charge in [0.25, 0.3) is 10.0 Å². The lowest BCUT2D eigenvalue weighted by atomic mass is 10.3. The molecule has 0 heterocycles. The topological polar surface area (TPSA) is 144 Å². The van der Waals surface area contributed by atoms with E-state index < -0.39 is 26.0 Å². The van der Waals surface area contributed by atoms with Crippen LogP contribution in [0.5, 0.6) is 0 Å². The molecule has 0 fully saturated rings. The van der Waals surface area contributed by atoms with Crippen molar-refractivity contribution in [3.8, 4) is 0 Å². The molecule has 2 amide bonds. The van der Waals surface area contributed by atoms with Gasteiger partial charge >= 0.3 is 0 Å². The Balaban J connectivity index is 2.46. The van der Waals surface area contributed by atoms with Crippen LogP contribution in [-0.4, -0.2) is 28.6 Å². The van der Waals surface area contributed by atoms with Gasteiger partial charge in [0.2, 0.25) is 21.8 Å². The summed E-state index contributed by atoms with van der Waals surface area (Å²) >= 11 is 0. The minimum Gasteiger partial charge on any atom is -0.326 e. The molecule has 0 atom stereocenters. The van der Waals surface area contributed by atoms with Crippen molar-refractivity contribution in [3.63, 3.8) is 0 Å². The lowest BCUT2D eigenvalue weighted by Gasteiger charge is -2.22. The molecular formula is C18H21N3O6S2. The molecule has 11 heteroatoms. The highest BCUT2D eigenvalue weighted by Gasteiger charge is 2.30. The smallest absolute Gasteiger partial charge is 0.270 e. The predicted octanol–water partition coefficient (Wildman–Crippen LogP) is 1.81. The zero-order valence-electron chi connectivity index (χ0n) is 15.8. The van der Waals surface area contributed by atoms with Crippen LogP contribution in [0.25, 0.3) is 0 Å². The van der Waals surface area contributed by atoms with Gasteiger partial charge in [-0.05, 0) is 48.5 Å². The fourth-order valence-electron chi connectivity index (χ4n) is 2.40. The van der Waals surface area contributed by atoms with Gasteiger partial charge in [-0.25, -0.2) is 26.3 Å². The van der Waals surface area contributed by atoms with E-state index in [0.29, 0.717) is 9.99 Å². The Kier molecular flexibility index (Phi) is 6.77. The van der Waals surface area contributed by atoms with E-state index in [1.165, 1.54) is 43.3 Å². The van der Waals surface area contributed by atoms with Gasteiger partial charge in [-0.2, -0.15) is 0 Å². The maximum Gasteiger partial charge on any atom is 0.270 e. The lowest BCUT2D eigenvalue weighted by Crippen LogP contribution is -2.36. The van der Waals surface area contributed by atoms with E-state index in [0.717, 1.165) is 12.1 Å². The Morgan fingerprint density at radius 3 is 1.83 bits per heavy atom. The van der Waals surface area contributed by atoms with Crippen LogP contribution in [0.1, 0.15) is 26.7 Å². The summed E-state index contributed by atoms with van der Waals surface area (Å²) in [5.41, 5.74) is 0.397. The summed E-state index contributed by atoms with van der Waals surface area (Å²) in [7, 11) is -8.24. The van der Waals surface area contributed by atoms with E-state index in [4.69, 9.17) is 5.14 Å². The average Bonchev–Trinajstić information content (AvgIpc) is 2.67. The lowest BCUT2D eigenvalue weighted by molar-refractivity contribution is -0.117. The van der Waals surface area contributed by atoms with E-state index in [2.05, 4.69) is 5.32 Å². The van der Waals surface area contributed by atoms with E-state index in [1.807, 2.05) is 0 Å². The van der Waals surface area contributed by atoms with Gasteiger partial charge in [0.05, 0.1) is 15.5 Å². The molecule has 2 rings (SSSR count). The first-order chi connectivity index (χ1) is 13.5. The molecule has 0 aliphatic heterocycles.